The molecule has 108 valence electrons. The summed E-state index contributed by atoms with van der Waals surface area (Å²) in [5.74, 6) is 0.880. The Morgan fingerprint density at radius 3 is 2.79 bits per heavy atom. The number of piperidine rings is 1. The molecule has 19 heavy (non-hydrogen) atoms. The van der Waals surface area contributed by atoms with Gasteiger partial charge in [0.2, 0.25) is 0 Å². The number of nitrogens with zero attached hydrogens (tertiary/aromatic N) is 2. The van der Waals surface area contributed by atoms with Gasteiger partial charge in [-0.25, -0.2) is 4.98 Å². The van der Waals surface area contributed by atoms with Crippen LogP contribution in [-0.4, -0.2) is 41.7 Å². The Bertz CT molecular complexity index is 387. The number of methoxy groups -OCH3 is 1. The minimum absolute atomic E-state index is 0.0671. The number of aliphatic hydroxyl groups is 1. The Hall–Kier alpha value is -0.490. The first kappa shape index (κ1) is 14.9. The Morgan fingerprint density at radius 1 is 1.42 bits per heavy atom. The molecule has 1 aromatic heterocycles. The van der Waals surface area contributed by atoms with Crippen LogP contribution >= 0.6 is 11.3 Å². The van der Waals surface area contributed by atoms with E-state index in [1.54, 1.807) is 18.4 Å². The number of hydrogen-bond acceptors (Lipinski definition) is 5. The molecule has 0 bridgehead atoms. The molecule has 0 unspecified atom stereocenters. The van der Waals surface area contributed by atoms with Crippen molar-refractivity contribution >= 4 is 11.3 Å². The molecular weight excluding hydrogens is 260 g/mol. The van der Waals surface area contributed by atoms with Crippen molar-refractivity contribution in [2.24, 2.45) is 5.92 Å². The largest absolute Gasteiger partial charge is 0.391 e. The minimum atomic E-state index is 0.0671. The second kappa shape index (κ2) is 7.33. The molecule has 1 aromatic rings. The van der Waals surface area contributed by atoms with Gasteiger partial charge in [0.05, 0.1) is 28.8 Å². The van der Waals surface area contributed by atoms with Crippen LogP contribution in [0, 0.1) is 5.92 Å². The lowest BCUT2D eigenvalue weighted by Gasteiger charge is -2.29. The summed E-state index contributed by atoms with van der Waals surface area (Å²) in [5, 5.41) is 10.4. The lowest BCUT2D eigenvalue weighted by molar-refractivity contribution is 0.178. The molecule has 1 N–H and O–H groups in total. The van der Waals surface area contributed by atoms with Gasteiger partial charge in [-0.2, -0.15) is 0 Å². The fourth-order valence-electron chi connectivity index (χ4n) is 2.46. The molecule has 0 aromatic carbocycles. The number of thiazole rings is 1. The van der Waals surface area contributed by atoms with Gasteiger partial charge in [0, 0.05) is 20.1 Å². The Balaban J connectivity index is 1.85. The van der Waals surface area contributed by atoms with Gasteiger partial charge in [-0.05, 0) is 31.8 Å². The van der Waals surface area contributed by atoms with Crippen molar-refractivity contribution in [2.75, 3.05) is 26.7 Å². The van der Waals surface area contributed by atoms with Crippen LogP contribution < -0.4 is 0 Å². The second-order valence-corrected chi connectivity index (χ2v) is 6.51. The van der Waals surface area contributed by atoms with E-state index in [1.165, 1.54) is 25.9 Å². The highest BCUT2D eigenvalue weighted by Crippen LogP contribution is 2.21. The smallest absolute Gasteiger partial charge is 0.0945 e. The summed E-state index contributed by atoms with van der Waals surface area (Å²) in [5.41, 5.74) is 0.900. The average Bonchev–Trinajstić information content (AvgIpc) is 2.81. The third-order valence-corrected chi connectivity index (χ3v) is 4.91. The molecule has 4 nitrogen and oxygen atoms in total. The zero-order chi connectivity index (χ0) is 13.7. The fraction of sp³-hybridized carbons (Fsp3) is 0.786. The van der Waals surface area contributed by atoms with E-state index in [1.807, 2.05) is 0 Å². The highest BCUT2D eigenvalue weighted by atomic mass is 32.1. The third-order valence-electron chi connectivity index (χ3n) is 3.77. The fourth-order valence-corrected chi connectivity index (χ4v) is 3.38. The van der Waals surface area contributed by atoms with E-state index >= 15 is 0 Å². The van der Waals surface area contributed by atoms with Gasteiger partial charge in [-0.1, -0.05) is 6.92 Å². The SMILES string of the molecule is COCc1nc(CCN2CCC(C)CC2)sc1CO. The quantitative estimate of drug-likeness (QED) is 0.868. The van der Waals surface area contributed by atoms with Crippen molar-refractivity contribution in [1.29, 1.82) is 0 Å². The number of likely N-dealkylation sites (tertiary alicyclic amines) is 1. The highest BCUT2D eigenvalue weighted by molar-refractivity contribution is 7.11. The number of rotatable bonds is 6. The van der Waals surface area contributed by atoms with E-state index in [-0.39, 0.29) is 6.61 Å². The van der Waals surface area contributed by atoms with Gasteiger partial charge in [0.15, 0.2) is 0 Å². The molecule has 1 saturated heterocycles. The van der Waals surface area contributed by atoms with Crippen LogP contribution in [0.25, 0.3) is 0 Å². The maximum absolute atomic E-state index is 9.31. The zero-order valence-electron chi connectivity index (χ0n) is 11.9. The van der Waals surface area contributed by atoms with Crippen LogP contribution in [0.1, 0.15) is 35.3 Å². The Kier molecular flexibility index (Phi) is 5.76. The first-order valence-electron chi connectivity index (χ1n) is 7.02. The molecule has 1 aliphatic rings. The summed E-state index contributed by atoms with van der Waals surface area (Å²) in [7, 11) is 1.66. The van der Waals surface area contributed by atoms with Crippen molar-refractivity contribution in [1.82, 2.24) is 9.88 Å². The first-order chi connectivity index (χ1) is 9.22. The summed E-state index contributed by atoms with van der Waals surface area (Å²) in [4.78, 5) is 8.05. The molecule has 0 atom stereocenters. The molecule has 0 amide bonds. The topological polar surface area (TPSA) is 45.6 Å². The molecule has 2 rings (SSSR count). The van der Waals surface area contributed by atoms with E-state index in [0.717, 1.165) is 34.5 Å². The maximum Gasteiger partial charge on any atom is 0.0945 e. The standard InChI is InChI=1S/C14H24N2O2S/c1-11-3-6-16(7-4-11)8-5-14-15-12(10-18-2)13(9-17)19-14/h11,17H,3-10H2,1-2H3. The van der Waals surface area contributed by atoms with E-state index < -0.39 is 0 Å². The van der Waals surface area contributed by atoms with Crippen molar-refractivity contribution in [3.8, 4) is 0 Å². The van der Waals surface area contributed by atoms with Gasteiger partial charge in [-0.15, -0.1) is 11.3 Å². The minimum Gasteiger partial charge on any atom is -0.391 e. The monoisotopic (exact) mass is 284 g/mol. The van der Waals surface area contributed by atoms with Crippen molar-refractivity contribution < 1.29 is 9.84 Å². The number of aliphatic hydroxyl groups excluding tert-OH is 1. The van der Waals surface area contributed by atoms with Crippen molar-refractivity contribution in [2.45, 2.75) is 39.4 Å². The first-order valence-corrected chi connectivity index (χ1v) is 7.84. The summed E-state index contributed by atoms with van der Waals surface area (Å²) in [6.07, 6.45) is 3.61. The summed E-state index contributed by atoms with van der Waals surface area (Å²) >= 11 is 1.62. The molecule has 0 aliphatic carbocycles. The van der Waals surface area contributed by atoms with Crippen LogP contribution in [0.5, 0.6) is 0 Å². The van der Waals surface area contributed by atoms with Crippen LogP contribution in [0.2, 0.25) is 0 Å². The van der Waals surface area contributed by atoms with Crippen molar-refractivity contribution in [3.63, 3.8) is 0 Å². The van der Waals surface area contributed by atoms with Crippen LogP contribution in [0.3, 0.4) is 0 Å². The highest BCUT2D eigenvalue weighted by Gasteiger charge is 2.16. The van der Waals surface area contributed by atoms with Gasteiger partial charge in [0.1, 0.15) is 0 Å². The molecule has 5 heteroatoms. The lowest BCUT2D eigenvalue weighted by Crippen LogP contribution is -2.34. The molecule has 1 fully saturated rings. The van der Waals surface area contributed by atoms with Gasteiger partial charge >= 0.3 is 0 Å². The summed E-state index contributed by atoms with van der Waals surface area (Å²) < 4.78 is 5.11. The van der Waals surface area contributed by atoms with Crippen molar-refractivity contribution in [3.05, 3.63) is 15.6 Å². The average molecular weight is 284 g/mol. The van der Waals surface area contributed by atoms with E-state index in [0.29, 0.717) is 6.61 Å². The lowest BCUT2D eigenvalue weighted by atomic mass is 9.99. The summed E-state index contributed by atoms with van der Waals surface area (Å²) in [6.45, 7) is 6.40. The van der Waals surface area contributed by atoms with E-state index in [4.69, 9.17) is 4.74 Å². The number of aromatic nitrogens is 1. The van der Waals surface area contributed by atoms with Crippen LogP contribution in [0.15, 0.2) is 0 Å². The molecular formula is C14H24N2O2S. The predicted molar refractivity (Wildman–Crippen MR) is 77.3 cm³/mol. The van der Waals surface area contributed by atoms with Crippen LogP contribution in [-0.2, 0) is 24.4 Å². The van der Waals surface area contributed by atoms with Gasteiger partial charge in [0.25, 0.3) is 0 Å². The van der Waals surface area contributed by atoms with E-state index in [9.17, 15) is 5.11 Å². The zero-order valence-corrected chi connectivity index (χ0v) is 12.7. The van der Waals surface area contributed by atoms with Crippen LogP contribution in [0.4, 0.5) is 0 Å². The van der Waals surface area contributed by atoms with Gasteiger partial charge in [-0.3, -0.25) is 0 Å². The number of hydrogen-bond donors (Lipinski definition) is 1. The molecule has 2 heterocycles. The normalized spacial score (nSPS) is 18.1. The Morgan fingerprint density at radius 2 is 2.16 bits per heavy atom. The second-order valence-electron chi connectivity index (χ2n) is 5.34. The third kappa shape index (κ3) is 4.24. The molecule has 1 aliphatic heterocycles. The number of ether oxygens (including phenoxy) is 1. The maximum atomic E-state index is 9.31. The Labute approximate surface area is 119 Å². The molecule has 0 saturated carbocycles. The summed E-state index contributed by atoms with van der Waals surface area (Å²) in [6, 6.07) is 0. The van der Waals surface area contributed by atoms with Gasteiger partial charge < -0.3 is 14.7 Å². The molecule has 0 spiro atoms. The van der Waals surface area contributed by atoms with E-state index in [2.05, 4.69) is 16.8 Å². The molecule has 0 radical (unpaired) electrons. The predicted octanol–water partition coefficient (Wildman–Crippen LogP) is 2.06.